The minimum atomic E-state index is 0. The zero-order chi connectivity index (χ0) is 53.5. The summed E-state index contributed by atoms with van der Waals surface area (Å²) < 4.78 is 0. The van der Waals surface area contributed by atoms with Gasteiger partial charge in [0.25, 0.3) is 0 Å². The van der Waals surface area contributed by atoms with Crippen molar-refractivity contribution in [1.82, 2.24) is 20.4 Å². The fraction of sp³-hybridized carbons (Fsp3) is 0.469. The molecule has 4 aromatic carbocycles. The van der Waals surface area contributed by atoms with Gasteiger partial charge in [0.05, 0.1) is 45.6 Å². The van der Waals surface area contributed by atoms with E-state index in [0.29, 0.717) is 47.3 Å². The zero-order valence-corrected chi connectivity index (χ0v) is 49.4. The van der Waals surface area contributed by atoms with Crippen molar-refractivity contribution in [2.75, 3.05) is 0 Å². The maximum absolute atomic E-state index is 5.14. The first-order chi connectivity index (χ1) is 33.9. The van der Waals surface area contributed by atoms with Crippen LogP contribution in [0.5, 0.6) is 0 Å². The molecule has 0 saturated heterocycles. The van der Waals surface area contributed by atoms with Crippen LogP contribution in [0, 0.1) is 13.8 Å². The Morgan fingerprint density at radius 1 is 0.329 bits per heavy atom. The summed E-state index contributed by atoms with van der Waals surface area (Å²) in [6.45, 7) is 47.9. The van der Waals surface area contributed by atoms with Crippen molar-refractivity contribution in [2.24, 2.45) is 20.0 Å². The largest absolute Gasteiger partial charge is 2.00 e. The molecule has 392 valence electrons. The standard InChI is InChI=1S/2C32H43N4.Ni/c2*1-18(2)25-14-12-15-26(19(3)4)31(25)33-23(10)29-22(9)30(36-35-29)24(11)34-32-27(20(5)6)16-13-17-28(32)21(7)8;/h2*12-21H,1-11H3;/q2*-1;+2. The van der Waals surface area contributed by atoms with E-state index in [1.165, 1.54) is 44.5 Å². The predicted molar refractivity (Wildman–Crippen MR) is 311 cm³/mol. The van der Waals surface area contributed by atoms with Gasteiger partial charge in [-0.25, -0.2) is 0 Å². The van der Waals surface area contributed by atoms with Crippen molar-refractivity contribution < 1.29 is 16.5 Å². The van der Waals surface area contributed by atoms with Crippen molar-refractivity contribution in [1.29, 1.82) is 0 Å². The summed E-state index contributed by atoms with van der Waals surface area (Å²) in [5.74, 6) is 3.13. The topological polar surface area (TPSA) is 103 Å². The minimum Gasteiger partial charge on any atom is -0.573 e. The van der Waals surface area contributed by atoms with E-state index >= 15 is 0 Å². The molecule has 0 N–H and O–H groups in total. The molecule has 6 rings (SSSR count). The summed E-state index contributed by atoms with van der Waals surface area (Å²) in [6.07, 6.45) is 0. The van der Waals surface area contributed by atoms with Gasteiger partial charge in [0.15, 0.2) is 0 Å². The van der Waals surface area contributed by atoms with Crippen molar-refractivity contribution >= 4 is 45.6 Å². The third kappa shape index (κ3) is 14.0. The molecule has 0 unspecified atom stereocenters. The first kappa shape index (κ1) is 60.0. The summed E-state index contributed by atoms with van der Waals surface area (Å²) in [5, 5.41) is 18.3. The van der Waals surface area contributed by atoms with Crippen molar-refractivity contribution in [3.8, 4) is 0 Å². The Hall–Kier alpha value is -5.53. The van der Waals surface area contributed by atoms with E-state index < -0.39 is 0 Å². The van der Waals surface area contributed by atoms with Gasteiger partial charge in [-0.15, -0.1) is 0 Å². The quantitative estimate of drug-likeness (QED) is 0.0711. The zero-order valence-electron chi connectivity index (χ0n) is 48.4. The van der Waals surface area contributed by atoms with Crippen LogP contribution in [0.4, 0.5) is 22.7 Å². The molecule has 0 bridgehead atoms. The Kier molecular flexibility index (Phi) is 21.5. The van der Waals surface area contributed by atoms with Crippen LogP contribution in [0.3, 0.4) is 0 Å². The van der Waals surface area contributed by atoms with Gasteiger partial charge in [-0.3, -0.25) is 20.0 Å². The Bertz CT molecular complexity index is 2450. The molecule has 2 aromatic heterocycles. The van der Waals surface area contributed by atoms with Crippen LogP contribution in [0.1, 0.15) is 264 Å². The number of benzene rings is 4. The van der Waals surface area contributed by atoms with Gasteiger partial charge >= 0.3 is 16.5 Å². The van der Waals surface area contributed by atoms with Crippen LogP contribution in [0.15, 0.2) is 92.8 Å². The van der Waals surface area contributed by atoms with Gasteiger partial charge in [-0.05, 0) is 145 Å². The summed E-state index contributed by atoms with van der Waals surface area (Å²) in [4.78, 5) is 20.6. The maximum atomic E-state index is 5.14. The smallest absolute Gasteiger partial charge is 0.573 e. The van der Waals surface area contributed by atoms with Crippen molar-refractivity contribution in [2.45, 2.75) is 200 Å². The van der Waals surface area contributed by atoms with Crippen molar-refractivity contribution in [3.63, 3.8) is 0 Å². The fourth-order valence-electron chi connectivity index (χ4n) is 9.55. The Morgan fingerprint density at radius 3 is 0.685 bits per heavy atom. The molecule has 73 heavy (non-hydrogen) atoms. The second-order valence-electron chi connectivity index (χ2n) is 22.2. The molecule has 0 amide bonds. The number of nitrogens with zero attached hydrogens (tertiary/aromatic N) is 8. The second kappa shape index (κ2) is 26.1. The Morgan fingerprint density at radius 2 is 0.507 bits per heavy atom. The van der Waals surface area contributed by atoms with Gasteiger partial charge in [0.2, 0.25) is 0 Å². The number of aromatic nitrogens is 4. The fourth-order valence-corrected chi connectivity index (χ4v) is 9.55. The van der Waals surface area contributed by atoms with Crippen molar-refractivity contribution in [3.05, 3.63) is 151 Å². The maximum Gasteiger partial charge on any atom is 2.00 e. The van der Waals surface area contributed by atoms with Crippen LogP contribution in [0.25, 0.3) is 0 Å². The average Bonchev–Trinajstić information content (AvgIpc) is 3.90. The van der Waals surface area contributed by atoms with E-state index in [2.05, 4.69) is 218 Å². The summed E-state index contributed by atoms with van der Waals surface area (Å²) in [5.41, 5.74) is 23.4. The third-order valence-corrected chi connectivity index (χ3v) is 13.8. The van der Waals surface area contributed by atoms with Gasteiger partial charge in [-0.2, -0.15) is 0 Å². The molecule has 9 heteroatoms. The van der Waals surface area contributed by atoms with Crippen LogP contribution < -0.4 is 10.2 Å². The van der Waals surface area contributed by atoms with Crippen LogP contribution in [-0.2, 0) is 16.5 Å². The van der Waals surface area contributed by atoms with E-state index in [1.807, 2.05) is 27.7 Å². The molecule has 8 nitrogen and oxygen atoms in total. The average molecular weight is 1030 g/mol. The number of aliphatic imine (C=N–C) groups is 4. The van der Waals surface area contributed by atoms with E-state index in [9.17, 15) is 0 Å². The molecule has 0 aliphatic rings. The molecule has 0 spiro atoms. The molecule has 0 aliphatic heterocycles. The number of rotatable bonds is 16. The number of hydrogen-bond acceptors (Lipinski definition) is 6. The molecule has 0 radical (unpaired) electrons. The summed E-state index contributed by atoms with van der Waals surface area (Å²) >= 11 is 0. The van der Waals surface area contributed by atoms with Gasteiger partial charge < -0.3 is 20.4 Å². The first-order valence-corrected chi connectivity index (χ1v) is 26.6. The molecular weight excluding hydrogens is 939 g/mol. The Labute approximate surface area is 451 Å². The molecule has 0 fully saturated rings. The van der Waals surface area contributed by atoms with E-state index in [4.69, 9.17) is 20.0 Å². The summed E-state index contributed by atoms with van der Waals surface area (Å²) in [6, 6.07) is 26.1. The number of para-hydroxylation sites is 4. The monoisotopic (exact) mass is 1020 g/mol. The number of hydrogen-bond donors (Lipinski definition) is 0. The molecule has 0 saturated carbocycles. The third-order valence-electron chi connectivity index (χ3n) is 13.8. The first-order valence-electron chi connectivity index (χ1n) is 26.6. The van der Waals surface area contributed by atoms with Gasteiger partial charge in [0, 0.05) is 11.4 Å². The van der Waals surface area contributed by atoms with E-state index in [1.54, 1.807) is 0 Å². The molecule has 0 atom stereocenters. The normalized spacial score (nSPS) is 12.9. The van der Waals surface area contributed by atoms with Gasteiger partial charge in [0.1, 0.15) is 0 Å². The van der Waals surface area contributed by atoms with Gasteiger partial charge in [-0.1, -0.05) is 195 Å². The molecule has 0 aliphatic carbocycles. The van der Waals surface area contributed by atoms with E-state index in [-0.39, 0.29) is 16.5 Å². The molecule has 2 heterocycles. The van der Waals surface area contributed by atoms with E-state index in [0.717, 1.165) is 79.5 Å². The van der Waals surface area contributed by atoms with Crippen LogP contribution in [0.2, 0.25) is 0 Å². The Balaban J connectivity index is 0.000000312. The minimum absolute atomic E-state index is 0. The SMILES string of the molecule is CC(=Nc1c(C(C)C)cccc1C(C)C)c1n[n-]c(C(C)=Nc2c(C(C)C)cccc2C(C)C)c1C.CC(=Nc1c(C(C)C)cccc1C(C)C)c1n[n-]c(C(C)=Nc2c(C(C)C)cccc2C(C)C)c1C.[Ni+2]. The van der Waals surface area contributed by atoms with Crippen LogP contribution in [-0.4, -0.2) is 33.0 Å². The molecular formula is C64H86N8Ni. The second-order valence-corrected chi connectivity index (χ2v) is 22.2. The summed E-state index contributed by atoms with van der Waals surface area (Å²) in [7, 11) is 0. The van der Waals surface area contributed by atoms with Crippen LogP contribution >= 0.6 is 0 Å². The molecule has 6 aromatic rings. The predicted octanol–water partition coefficient (Wildman–Crippen LogP) is 18.2.